The van der Waals surface area contributed by atoms with E-state index in [0.717, 1.165) is 13.2 Å². The summed E-state index contributed by atoms with van der Waals surface area (Å²) in [6, 6.07) is 4.99. The van der Waals surface area contributed by atoms with Crippen molar-refractivity contribution in [1.29, 1.82) is 0 Å². The van der Waals surface area contributed by atoms with E-state index in [1.807, 2.05) is 12.4 Å². The number of aromatic nitrogens is 1. The van der Waals surface area contributed by atoms with Gasteiger partial charge in [-0.15, -0.1) is 0 Å². The number of nitrogens with zero attached hydrogens (tertiary/aromatic N) is 1. The largest absolute Gasteiger partial charge is 0.380 e. The van der Waals surface area contributed by atoms with E-state index >= 15 is 0 Å². The molecule has 0 bridgehead atoms. The molecule has 3 nitrogen and oxygen atoms in total. The zero-order chi connectivity index (χ0) is 10.5. The summed E-state index contributed by atoms with van der Waals surface area (Å²) in [4.78, 5) is 4.02. The van der Waals surface area contributed by atoms with E-state index in [-0.39, 0.29) is 0 Å². The van der Waals surface area contributed by atoms with Gasteiger partial charge in [-0.3, -0.25) is 4.98 Å². The average molecular weight is 206 g/mol. The molecule has 15 heavy (non-hydrogen) atoms. The maximum atomic E-state index is 5.44. The molecule has 1 aliphatic heterocycles. The molecule has 0 aromatic carbocycles. The second-order valence-corrected chi connectivity index (χ2v) is 4.08. The van der Waals surface area contributed by atoms with E-state index < -0.39 is 0 Å². The third kappa shape index (κ3) is 3.01. The monoisotopic (exact) mass is 206 g/mol. The number of hydrogen-bond donors (Lipinski definition) is 1. The van der Waals surface area contributed by atoms with Crippen LogP contribution in [0.1, 0.15) is 31.4 Å². The number of pyridine rings is 1. The lowest BCUT2D eigenvalue weighted by atomic mass is 10.1. The molecule has 0 spiro atoms. The van der Waals surface area contributed by atoms with Crippen molar-refractivity contribution in [1.82, 2.24) is 10.3 Å². The van der Waals surface area contributed by atoms with Crippen molar-refractivity contribution in [3.05, 3.63) is 30.1 Å². The second kappa shape index (κ2) is 5.24. The Kier molecular flexibility index (Phi) is 3.69. The van der Waals surface area contributed by atoms with Crippen molar-refractivity contribution in [3.63, 3.8) is 0 Å². The third-order valence-electron chi connectivity index (χ3n) is 2.85. The fourth-order valence-electron chi connectivity index (χ4n) is 1.97. The Morgan fingerprint density at radius 2 is 2.27 bits per heavy atom. The highest BCUT2D eigenvalue weighted by Gasteiger charge is 2.16. The minimum Gasteiger partial charge on any atom is -0.380 e. The Balaban J connectivity index is 1.88. The summed E-state index contributed by atoms with van der Waals surface area (Å²) in [7, 11) is 0. The van der Waals surface area contributed by atoms with Crippen LogP contribution in [0.5, 0.6) is 0 Å². The lowest BCUT2D eigenvalue weighted by Crippen LogP contribution is -2.38. The van der Waals surface area contributed by atoms with Crippen molar-refractivity contribution < 1.29 is 4.74 Å². The highest BCUT2D eigenvalue weighted by Crippen LogP contribution is 2.14. The summed E-state index contributed by atoms with van der Waals surface area (Å²) >= 11 is 0. The molecule has 2 atom stereocenters. The summed E-state index contributed by atoms with van der Waals surface area (Å²) < 4.78 is 5.44. The highest BCUT2D eigenvalue weighted by molar-refractivity contribution is 5.14. The molecule has 1 fully saturated rings. The van der Waals surface area contributed by atoms with Gasteiger partial charge in [0, 0.05) is 31.1 Å². The van der Waals surface area contributed by atoms with Crippen molar-refractivity contribution >= 4 is 0 Å². The number of ether oxygens (including phenoxy) is 1. The van der Waals surface area contributed by atoms with E-state index in [4.69, 9.17) is 4.74 Å². The van der Waals surface area contributed by atoms with Gasteiger partial charge in [0.2, 0.25) is 0 Å². The predicted molar refractivity (Wildman–Crippen MR) is 59.6 cm³/mol. The zero-order valence-electron chi connectivity index (χ0n) is 9.15. The number of nitrogens with one attached hydrogen (secondary N) is 1. The first-order chi connectivity index (χ1) is 7.36. The van der Waals surface area contributed by atoms with Gasteiger partial charge in [-0.1, -0.05) is 0 Å². The van der Waals surface area contributed by atoms with Crippen LogP contribution in [0.25, 0.3) is 0 Å². The van der Waals surface area contributed by atoms with Crippen LogP contribution in [0.2, 0.25) is 0 Å². The molecule has 0 amide bonds. The van der Waals surface area contributed by atoms with E-state index in [0.29, 0.717) is 12.1 Å². The van der Waals surface area contributed by atoms with Gasteiger partial charge in [0.15, 0.2) is 0 Å². The van der Waals surface area contributed by atoms with Gasteiger partial charge in [-0.05, 0) is 37.5 Å². The molecule has 0 saturated carbocycles. The third-order valence-corrected chi connectivity index (χ3v) is 2.85. The second-order valence-electron chi connectivity index (χ2n) is 4.08. The van der Waals surface area contributed by atoms with Gasteiger partial charge in [0.05, 0.1) is 6.61 Å². The fraction of sp³-hybridized carbons (Fsp3) is 0.583. The maximum Gasteiger partial charge on any atom is 0.0619 e. The summed E-state index contributed by atoms with van der Waals surface area (Å²) in [6.07, 6.45) is 6.06. The molecule has 82 valence electrons. The molecule has 2 heterocycles. The average Bonchev–Trinajstić information content (AvgIpc) is 2.31. The summed E-state index contributed by atoms with van der Waals surface area (Å²) in [5, 5.41) is 3.58. The molecule has 1 aromatic heterocycles. The Bertz CT molecular complexity index is 283. The SMILES string of the molecule is CC(NC1CCCOC1)c1ccncc1. The molecule has 1 aromatic rings. The molecule has 0 aliphatic carbocycles. The molecule has 1 N–H and O–H groups in total. The van der Waals surface area contributed by atoms with Crippen molar-refractivity contribution in [2.45, 2.75) is 31.8 Å². The fourth-order valence-corrected chi connectivity index (χ4v) is 1.97. The van der Waals surface area contributed by atoms with Crippen LogP contribution in [0.4, 0.5) is 0 Å². The van der Waals surface area contributed by atoms with Gasteiger partial charge in [-0.2, -0.15) is 0 Å². The molecule has 2 rings (SSSR count). The standard InChI is InChI=1S/C12H18N2O/c1-10(11-4-6-13-7-5-11)14-12-3-2-8-15-9-12/h4-7,10,12,14H,2-3,8-9H2,1H3. The minimum atomic E-state index is 0.375. The summed E-state index contributed by atoms with van der Waals surface area (Å²) in [5.74, 6) is 0. The first-order valence-electron chi connectivity index (χ1n) is 5.60. The molecule has 1 aliphatic rings. The number of hydrogen-bond acceptors (Lipinski definition) is 3. The Hall–Kier alpha value is -0.930. The van der Waals surface area contributed by atoms with E-state index in [2.05, 4.69) is 29.4 Å². The van der Waals surface area contributed by atoms with Gasteiger partial charge >= 0.3 is 0 Å². The van der Waals surface area contributed by atoms with E-state index in [9.17, 15) is 0 Å². The first kappa shape index (κ1) is 10.6. The Morgan fingerprint density at radius 1 is 1.47 bits per heavy atom. The lowest BCUT2D eigenvalue weighted by molar-refractivity contribution is 0.0671. The minimum absolute atomic E-state index is 0.375. The molecule has 0 radical (unpaired) electrons. The molecule has 3 heteroatoms. The quantitative estimate of drug-likeness (QED) is 0.820. The van der Waals surface area contributed by atoms with Crippen LogP contribution >= 0.6 is 0 Å². The topological polar surface area (TPSA) is 34.1 Å². The Labute approximate surface area is 90.9 Å². The van der Waals surface area contributed by atoms with Gasteiger partial charge in [-0.25, -0.2) is 0 Å². The van der Waals surface area contributed by atoms with Crippen molar-refractivity contribution in [3.8, 4) is 0 Å². The normalized spacial score (nSPS) is 23.7. The molecule has 2 unspecified atom stereocenters. The molecule has 1 saturated heterocycles. The smallest absolute Gasteiger partial charge is 0.0619 e. The van der Waals surface area contributed by atoms with E-state index in [1.165, 1.54) is 18.4 Å². The van der Waals surface area contributed by atoms with Crippen LogP contribution in [0, 0.1) is 0 Å². The van der Waals surface area contributed by atoms with E-state index in [1.54, 1.807) is 0 Å². The zero-order valence-corrected chi connectivity index (χ0v) is 9.15. The highest BCUT2D eigenvalue weighted by atomic mass is 16.5. The van der Waals surface area contributed by atoms with Crippen LogP contribution in [-0.4, -0.2) is 24.2 Å². The number of rotatable bonds is 3. The van der Waals surface area contributed by atoms with Crippen LogP contribution in [-0.2, 0) is 4.74 Å². The summed E-state index contributed by atoms with van der Waals surface area (Å²) in [6.45, 7) is 3.95. The lowest BCUT2D eigenvalue weighted by Gasteiger charge is -2.26. The predicted octanol–water partition coefficient (Wildman–Crippen LogP) is 1.91. The Morgan fingerprint density at radius 3 is 2.93 bits per heavy atom. The van der Waals surface area contributed by atoms with Gasteiger partial charge in [0.1, 0.15) is 0 Å². The van der Waals surface area contributed by atoms with Gasteiger partial charge in [0.25, 0.3) is 0 Å². The summed E-state index contributed by atoms with van der Waals surface area (Å²) in [5.41, 5.74) is 1.29. The van der Waals surface area contributed by atoms with Crippen molar-refractivity contribution in [2.24, 2.45) is 0 Å². The van der Waals surface area contributed by atoms with Crippen LogP contribution in [0.15, 0.2) is 24.5 Å². The maximum absolute atomic E-state index is 5.44. The van der Waals surface area contributed by atoms with Gasteiger partial charge < -0.3 is 10.1 Å². The van der Waals surface area contributed by atoms with Crippen LogP contribution < -0.4 is 5.32 Å². The first-order valence-corrected chi connectivity index (χ1v) is 5.60. The van der Waals surface area contributed by atoms with Crippen molar-refractivity contribution in [2.75, 3.05) is 13.2 Å². The molecular weight excluding hydrogens is 188 g/mol. The molecular formula is C12H18N2O. The van der Waals surface area contributed by atoms with Crippen LogP contribution in [0.3, 0.4) is 0 Å².